The van der Waals surface area contributed by atoms with E-state index in [-0.39, 0.29) is 17.3 Å². The van der Waals surface area contributed by atoms with Crippen molar-refractivity contribution in [2.24, 2.45) is 0 Å². The fourth-order valence-corrected chi connectivity index (χ4v) is 3.19. The van der Waals surface area contributed by atoms with E-state index in [9.17, 15) is 13.6 Å². The lowest BCUT2D eigenvalue weighted by molar-refractivity contribution is -0.118. The van der Waals surface area contributed by atoms with E-state index in [0.29, 0.717) is 16.4 Å². The highest BCUT2D eigenvalue weighted by atomic mass is 32.1. The number of nitrogens with zero attached hydrogens (tertiary/aromatic N) is 1. The van der Waals surface area contributed by atoms with Crippen LogP contribution in [0.2, 0.25) is 0 Å². The van der Waals surface area contributed by atoms with Crippen molar-refractivity contribution in [3.63, 3.8) is 0 Å². The van der Waals surface area contributed by atoms with Gasteiger partial charge in [0, 0.05) is 6.07 Å². The first-order valence-corrected chi connectivity index (χ1v) is 8.52. The van der Waals surface area contributed by atoms with Gasteiger partial charge in [-0.05, 0) is 29.7 Å². The smallest absolute Gasteiger partial charge is 0.264 e. The van der Waals surface area contributed by atoms with Crippen LogP contribution in [0.4, 0.5) is 13.9 Å². The van der Waals surface area contributed by atoms with Crippen molar-refractivity contribution < 1.29 is 18.3 Å². The number of carbonyl (C=O) groups excluding carboxylic acids is 1. The summed E-state index contributed by atoms with van der Waals surface area (Å²) in [5, 5.41) is 2.73. The van der Waals surface area contributed by atoms with Crippen molar-refractivity contribution in [3.8, 4) is 5.75 Å². The summed E-state index contributed by atoms with van der Waals surface area (Å²) in [7, 11) is 0. The summed E-state index contributed by atoms with van der Waals surface area (Å²) in [4.78, 5) is 15.9. The molecule has 4 nitrogen and oxygen atoms in total. The van der Waals surface area contributed by atoms with Gasteiger partial charge in [0.25, 0.3) is 5.91 Å². The van der Waals surface area contributed by atoms with E-state index in [1.54, 1.807) is 12.1 Å². The minimum Gasteiger partial charge on any atom is -0.484 e. The molecule has 0 spiro atoms. The molecule has 3 aromatic rings. The molecule has 0 aliphatic heterocycles. The van der Waals surface area contributed by atoms with Crippen LogP contribution in [-0.4, -0.2) is 17.5 Å². The number of ether oxygens (including phenoxy) is 1. The Morgan fingerprint density at radius 3 is 2.64 bits per heavy atom. The van der Waals surface area contributed by atoms with Gasteiger partial charge in [0.15, 0.2) is 17.6 Å². The molecule has 25 heavy (non-hydrogen) atoms. The monoisotopic (exact) mass is 362 g/mol. The lowest BCUT2D eigenvalue weighted by atomic mass is 10.0. The van der Waals surface area contributed by atoms with Crippen LogP contribution >= 0.6 is 11.3 Å². The number of carbonyl (C=O) groups is 1. The molecular formula is C18H16F2N2O2S. The second-order valence-corrected chi connectivity index (χ2v) is 6.84. The number of hydrogen-bond acceptors (Lipinski definition) is 4. The molecule has 0 bridgehead atoms. The lowest BCUT2D eigenvalue weighted by Crippen LogP contribution is -2.20. The highest BCUT2D eigenvalue weighted by Gasteiger charge is 2.13. The van der Waals surface area contributed by atoms with Gasteiger partial charge in [-0.25, -0.2) is 13.8 Å². The third-order valence-corrected chi connectivity index (χ3v) is 4.49. The SMILES string of the molecule is CC(C)c1ccc(OCC(=O)Nc2nc3c(F)cc(F)cc3s2)cc1. The third kappa shape index (κ3) is 4.11. The van der Waals surface area contributed by atoms with E-state index >= 15 is 0 Å². The predicted octanol–water partition coefficient (Wildman–Crippen LogP) is 4.72. The van der Waals surface area contributed by atoms with Gasteiger partial charge in [0.1, 0.15) is 17.1 Å². The highest BCUT2D eigenvalue weighted by Crippen LogP contribution is 2.28. The van der Waals surface area contributed by atoms with Gasteiger partial charge in [-0.3, -0.25) is 10.1 Å². The van der Waals surface area contributed by atoms with Crippen LogP contribution in [-0.2, 0) is 4.79 Å². The summed E-state index contributed by atoms with van der Waals surface area (Å²) in [6.07, 6.45) is 0. The summed E-state index contributed by atoms with van der Waals surface area (Å²) in [6.45, 7) is 3.99. The molecule has 1 heterocycles. The summed E-state index contributed by atoms with van der Waals surface area (Å²) in [6, 6.07) is 9.44. The number of hydrogen-bond donors (Lipinski definition) is 1. The van der Waals surface area contributed by atoms with Gasteiger partial charge in [0.05, 0.1) is 4.70 Å². The molecule has 0 fully saturated rings. The highest BCUT2D eigenvalue weighted by molar-refractivity contribution is 7.22. The molecule has 1 N–H and O–H groups in total. The van der Waals surface area contributed by atoms with Gasteiger partial charge >= 0.3 is 0 Å². The molecule has 0 aliphatic carbocycles. The Hall–Kier alpha value is -2.54. The number of anilines is 1. The molecule has 1 amide bonds. The van der Waals surface area contributed by atoms with Crippen molar-refractivity contribution in [3.05, 3.63) is 53.6 Å². The first-order valence-electron chi connectivity index (χ1n) is 7.70. The fourth-order valence-electron chi connectivity index (χ4n) is 2.26. The minimum atomic E-state index is -0.756. The largest absolute Gasteiger partial charge is 0.484 e. The summed E-state index contributed by atoms with van der Waals surface area (Å²) >= 11 is 1.00. The lowest BCUT2D eigenvalue weighted by Gasteiger charge is -2.08. The van der Waals surface area contributed by atoms with E-state index in [4.69, 9.17) is 4.74 Å². The van der Waals surface area contributed by atoms with Crippen LogP contribution in [0.25, 0.3) is 10.2 Å². The second-order valence-electron chi connectivity index (χ2n) is 5.81. The third-order valence-electron chi connectivity index (χ3n) is 3.58. The molecule has 0 atom stereocenters. The number of rotatable bonds is 5. The number of nitrogens with one attached hydrogen (secondary N) is 1. The topological polar surface area (TPSA) is 51.2 Å². The van der Waals surface area contributed by atoms with Crippen LogP contribution in [0.3, 0.4) is 0 Å². The van der Waals surface area contributed by atoms with Gasteiger partial charge < -0.3 is 4.74 Å². The zero-order chi connectivity index (χ0) is 18.0. The Labute approximate surface area is 147 Å². The van der Waals surface area contributed by atoms with Gasteiger partial charge in [-0.2, -0.15) is 0 Å². The van der Waals surface area contributed by atoms with Crippen molar-refractivity contribution in [2.45, 2.75) is 19.8 Å². The van der Waals surface area contributed by atoms with Gasteiger partial charge in [0.2, 0.25) is 0 Å². The molecular weight excluding hydrogens is 346 g/mol. The van der Waals surface area contributed by atoms with E-state index < -0.39 is 17.5 Å². The Morgan fingerprint density at radius 1 is 1.24 bits per heavy atom. The summed E-state index contributed by atoms with van der Waals surface area (Å²) in [5.74, 6) is -0.862. The zero-order valence-electron chi connectivity index (χ0n) is 13.7. The molecule has 0 unspecified atom stereocenters. The maximum Gasteiger partial charge on any atom is 0.264 e. The van der Waals surface area contributed by atoms with E-state index in [1.165, 1.54) is 11.6 Å². The minimum absolute atomic E-state index is 0.0342. The number of thiazole rings is 1. The molecule has 0 aliphatic rings. The van der Waals surface area contributed by atoms with E-state index in [2.05, 4.69) is 24.1 Å². The van der Waals surface area contributed by atoms with E-state index in [1.807, 2.05) is 12.1 Å². The van der Waals surface area contributed by atoms with Gasteiger partial charge in [-0.1, -0.05) is 37.3 Å². The molecule has 1 aromatic heterocycles. The number of amides is 1. The maximum absolute atomic E-state index is 13.6. The normalized spacial score (nSPS) is 11.1. The summed E-state index contributed by atoms with van der Waals surface area (Å²) in [5.41, 5.74) is 1.22. The first-order chi connectivity index (χ1) is 11.9. The zero-order valence-corrected chi connectivity index (χ0v) is 14.5. The quantitative estimate of drug-likeness (QED) is 0.715. The van der Waals surface area contributed by atoms with Crippen LogP contribution < -0.4 is 10.1 Å². The molecule has 0 radical (unpaired) electrons. The maximum atomic E-state index is 13.6. The average Bonchev–Trinajstić information content (AvgIpc) is 2.96. The number of fused-ring (bicyclic) bond motifs is 1. The second kappa shape index (κ2) is 7.14. The van der Waals surface area contributed by atoms with Crippen molar-refractivity contribution in [1.82, 2.24) is 4.98 Å². The summed E-state index contributed by atoms with van der Waals surface area (Å²) < 4.78 is 32.6. The Bertz CT molecular complexity index is 907. The fraction of sp³-hybridized carbons (Fsp3) is 0.222. The Kier molecular flexibility index (Phi) is 4.94. The number of halogens is 2. The molecule has 0 saturated heterocycles. The van der Waals surface area contributed by atoms with Gasteiger partial charge in [-0.15, -0.1) is 0 Å². The predicted molar refractivity (Wildman–Crippen MR) is 94.2 cm³/mol. The first kappa shape index (κ1) is 17.3. The molecule has 130 valence electrons. The van der Waals surface area contributed by atoms with Crippen molar-refractivity contribution in [1.29, 1.82) is 0 Å². The molecule has 3 rings (SSSR count). The van der Waals surface area contributed by atoms with Crippen LogP contribution in [0.1, 0.15) is 25.3 Å². The molecule has 2 aromatic carbocycles. The van der Waals surface area contributed by atoms with Crippen LogP contribution in [0, 0.1) is 11.6 Å². The standard InChI is InChI=1S/C18H16F2N2O2S/c1-10(2)11-3-5-13(6-4-11)24-9-16(23)21-18-22-17-14(20)7-12(19)8-15(17)25-18/h3-8,10H,9H2,1-2H3,(H,21,22,23). The molecule has 7 heteroatoms. The van der Waals surface area contributed by atoms with Crippen molar-refractivity contribution >= 4 is 32.6 Å². The average molecular weight is 362 g/mol. The number of benzene rings is 2. The Morgan fingerprint density at radius 2 is 1.96 bits per heavy atom. The molecule has 0 saturated carbocycles. The number of aromatic nitrogens is 1. The van der Waals surface area contributed by atoms with Crippen LogP contribution in [0.15, 0.2) is 36.4 Å². The van der Waals surface area contributed by atoms with E-state index in [0.717, 1.165) is 17.4 Å². The van der Waals surface area contributed by atoms with Crippen molar-refractivity contribution in [2.75, 3.05) is 11.9 Å². The Balaban J connectivity index is 1.61. The van der Waals surface area contributed by atoms with Crippen LogP contribution in [0.5, 0.6) is 5.75 Å².